The number of nitrogens with zero attached hydrogens (tertiary/aromatic N) is 3. The van der Waals surface area contributed by atoms with Gasteiger partial charge in [0.25, 0.3) is 0 Å². The van der Waals surface area contributed by atoms with Crippen LogP contribution in [0.3, 0.4) is 0 Å². The van der Waals surface area contributed by atoms with Gasteiger partial charge in [-0.15, -0.1) is 0 Å². The number of pyridine rings is 1. The second kappa shape index (κ2) is 7.95. The summed E-state index contributed by atoms with van der Waals surface area (Å²) in [6.45, 7) is 3.24. The molecule has 1 aliphatic rings. The monoisotopic (exact) mass is 474 g/mol. The Kier molecular flexibility index (Phi) is 5.89. The molecular formula is C16H21FIN6P. The Balaban J connectivity index is 1.90. The van der Waals surface area contributed by atoms with Crippen molar-refractivity contribution in [3.05, 3.63) is 24.0 Å². The van der Waals surface area contributed by atoms with Crippen molar-refractivity contribution in [2.45, 2.75) is 31.9 Å². The molecule has 25 heavy (non-hydrogen) atoms. The van der Waals surface area contributed by atoms with Gasteiger partial charge in [-0.05, 0) is 47.4 Å². The van der Waals surface area contributed by atoms with Crippen LogP contribution in [0.2, 0.25) is 0 Å². The van der Waals surface area contributed by atoms with Gasteiger partial charge in [-0.1, -0.05) is 6.92 Å². The molecule has 2 heterocycles. The minimum atomic E-state index is -1.10. The van der Waals surface area contributed by atoms with Gasteiger partial charge in [0.15, 0.2) is 0 Å². The van der Waals surface area contributed by atoms with Crippen molar-refractivity contribution in [3.63, 3.8) is 0 Å². The Labute approximate surface area is 161 Å². The van der Waals surface area contributed by atoms with Crippen molar-refractivity contribution < 1.29 is 4.39 Å². The van der Waals surface area contributed by atoms with Crippen molar-refractivity contribution in [1.29, 1.82) is 5.41 Å². The van der Waals surface area contributed by atoms with Crippen LogP contribution in [0.5, 0.6) is 0 Å². The SMILES string of the molecule is CCCNc1cn(PI)nc1-c1cc(NCC2(F)CC2)c(C=N)cn1. The van der Waals surface area contributed by atoms with Crippen LogP contribution in [0.1, 0.15) is 31.7 Å². The summed E-state index contributed by atoms with van der Waals surface area (Å²) in [7, 11) is 0. The Morgan fingerprint density at radius 2 is 2.24 bits per heavy atom. The van der Waals surface area contributed by atoms with E-state index in [2.05, 4.69) is 49.7 Å². The zero-order chi connectivity index (χ0) is 17.9. The van der Waals surface area contributed by atoms with E-state index in [1.807, 2.05) is 16.7 Å². The fourth-order valence-corrected chi connectivity index (χ4v) is 3.48. The first kappa shape index (κ1) is 18.5. The molecule has 1 fully saturated rings. The Bertz CT molecular complexity index is 761. The fourth-order valence-electron chi connectivity index (χ4n) is 2.43. The van der Waals surface area contributed by atoms with Gasteiger partial charge in [0.2, 0.25) is 0 Å². The number of anilines is 2. The predicted octanol–water partition coefficient (Wildman–Crippen LogP) is 4.47. The van der Waals surface area contributed by atoms with Crippen LogP contribution in [-0.4, -0.2) is 39.5 Å². The summed E-state index contributed by atoms with van der Waals surface area (Å²) in [6.07, 6.45) is 7.57. The van der Waals surface area contributed by atoms with Crippen LogP contribution < -0.4 is 10.6 Å². The highest BCUT2D eigenvalue weighted by Gasteiger charge is 2.42. The highest BCUT2D eigenvalue weighted by molar-refractivity contribution is 14.2. The summed E-state index contributed by atoms with van der Waals surface area (Å²) in [5.74, 6) is 0. The van der Waals surface area contributed by atoms with E-state index in [9.17, 15) is 4.39 Å². The molecule has 0 radical (unpaired) electrons. The average Bonchev–Trinajstić information content (AvgIpc) is 3.22. The Hall–Kier alpha value is -1.28. The van der Waals surface area contributed by atoms with Crippen molar-refractivity contribution in [2.24, 2.45) is 0 Å². The molecule has 1 atom stereocenters. The number of hydrogen-bond acceptors (Lipinski definition) is 5. The molecule has 6 nitrogen and oxygen atoms in total. The molecule has 0 bridgehead atoms. The molecule has 3 rings (SSSR count). The highest BCUT2D eigenvalue weighted by Crippen LogP contribution is 2.40. The van der Waals surface area contributed by atoms with E-state index in [0.717, 1.165) is 30.0 Å². The third-order valence-corrected chi connectivity index (χ3v) is 5.97. The molecule has 0 spiro atoms. The minimum absolute atomic E-state index is 0.266. The number of rotatable bonds is 9. The lowest BCUT2D eigenvalue weighted by Crippen LogP contribution is -2.17. The van der Waals surface area contributed by atoms with Gasteiger partial charge in [0.05, 0.1) is 24.0 Å². The normalized spacial score (nSPS) is 15.5. The maximum absolute atomic E-state index is 13.9. The number of aromatic nitrogens is 3. The van der Waals surface area contributed by atoms with E-state index in [1.54, 1.807) is 6.20 Å². The largest absolute Gasteiger partial charge is 0.382 e. The van der Waals surface area contributed by atoms with Crippen LogP contribution in [0.15, 0.2) is 18.5 Å². The van der Waals surface area contributed by atoms with Crippen molar-refractivity contribution in [3.8, 4) is 11.4 Å². The number of halogens is 2. The van der Waals surface area contributed by atoms with E-state index < -0.39 is 5.67 Å². The van der Waals surface area contributed by atoms with Crippen molar-refractivity contribution >= 4 is 46.0 Å². The third-order valence-electron chi connectivity index (χ3n) is 4.09. The Morgan fingerprint density at radius 1 is 1.44 bits per heavy atom. The van der Waals surface area contributed by atoms with Gasteiger partial charge in [-0.25, -0.2) is 8.84 Å². The van der Waals surface area contributed by atoms with Crippen molar-refractivity contribution in [1.82, 2.24) is 14.5 Å². The van der Waals surface area contributed by atoms with Crippen molar-refractivity contribution in [2.75, 3.05) is 23.7 Å². The molecule has 3 N–H and O–H groups in total. The lowest BCUT2D eigenvalue weighted by Gasteiger charge is -2.13. The lowest BCUT2D eigenvalue weighted by atomic mass is 10.1. The molecule has 0 aliphatic heterocycles. The summed E-state index contributed by atoms with van der Waals surface area (Å²) in [4.78, 5) is 4.46. The summed E-state index contributed by atoms with van der Waals surface area (Å²) in [5, 5.41) is 18.7. The molecule has 0 amide bonds. The molecule has 134 valence electrons. The molecule has 1 aliphatic carbocycles. The van der Waals surface area contributed by atoms with E-state index in [4.69, 9.17) is 5.41 Å². The van der Waals surface area contributed by atoms with Gasteiger partial charge < -0.3 is 16.0 Å². The maximum Gasteiger partial charge on any atom is 0.134 e. The highest BCUT2D eigenvalue weighted by atomic mass is 127. The second-order valence-electron chi connectivity index (χ2n) is 6.15. The molecule has 1 unspecified atom stereocenters. The van der Waals surface area contributed by atoms with Gasteiger partial charge in [0.1, 0.15) is 11.4 Å². The van der Waals surface area contributed by atoms with E-state index >= 15 is 0 Å². The first-order valence-electron chi connectivity index (χ1n) is 8.22. The first-order valence-corrected chi connectivity index (χ1v) is 12.3. The zero-order valence-corrected chi connectivity index (χ0v) is 17.1. The molecule has 2 aromatic heterocycles. The molecule has 2 aromatic rings. The quantitative estimate of drug-likeness (QED) is 0.285. The van der Waals surface area contributed by atoms with E-state index in [-0.39, 0.29) is 6.54 Å². The van der Waals surface area contributed by atoms with Crippen LogP contribution in [0.25, 0.3) is 11.4 Å². The molecular weight excluding hydrogens is 453 g/mol. The number of hydrogen-bond donors (Lipinski definition) is 3. The predicted molar refractivity (Wildman–Crippen MR) is 111 cm³/mol. The van der Waals surface area contributed by atoms with E-state index in [0.29, 0.717) is 30.5 Å². The lowest BCUT2D eigenvalue weighted by molar-refractivity contribution is 0.326. The third kappa shape index (κ3) is 4.47. The van der Waals surface area contributed by atoms with E-state index in [1.165, 1.54) is 6.21 Å². The van der Waals surface area contributed by atoms with Crippen LogP contribution in [0, 0.1) is 5.41 Å². The number of alkyl halides is 1. The van der Waals surface area contributed by atoms with Crippen LogP contribution in [0.4, 0.5) is 15.8 Å². The Morgan fingerprint density at radius 3 is 2.88 bits per heavy atom. The average molecular weight is 474 g/mol. The number of nitrogens with one attached hydrogen (secondary N) is 3. The summed E-state index contributed by atoms with van der Waals surface area (Å²) < 4.78 is 15.8. The van der Waals surface area contributed by atoms with Gasteiger partial charge in [0, 0.05) is 36.8 Å². The first-order chi connectivity index (χ1) is 12.1. The summed E-state index contributed by atoms with van der Waals surface area (Å²) >= 11 is 2.28. The smallest absolute Gasteiger partial charge is 0.134 e. The summed E-state index contributed by atoms with van der Waals surface area (Å²) in [5.41, 5.74) is 2.70. The standard InChI is InChI=1S/C16H21FIN6P/c1-2-5-20-14-9-24(25-18)23-15(14)13-6-12(11(7-19)8-21-13)22-10-16(17)3-4-16/h6-9,19-20,25H,2-5,10H2,1H3,(H,21,22). The molecule has 0 aromatic carbocycles. The molecule has 9 heteroatoms. The molecule has 1 saturated carbocycles. The summed E-state index contributed by atoms with van der Waals surface area (Å²) in [6, 6.07) is 1.85. The van der Waals surface area contributed by atoms with Gasteiger partial charge in [-0.2, -0.15) is 5.10 Å². The van der Waals surface area contributed by atoms with Gasteiger partial charge in [-0.3, -0.25) is 4.98 Å². The fraction of sp³-hybridized carbons (Fsp3) is 0.438. The minimum Gasteiger partial charge on any atom is -0.382 e. The second-order valence-corrected chi connectivity index (χ2v) is 8.23. The zero-order valence-electron chi connectivity index (χ0n) is 13.9. The van der Waals surface area contributed by atoms with Gasteiger partial charge >= 0.3 is 0 Å². The maximum atomic E-state index is 13.9. The van der Waals surface area contributed by atoms with Crippen LogP contribution in [-0.2, 0) is 0 Å². The molecule has 0 saturated heterocycles. The van der Waals surface area contributed by atoms with Crippen LogP contribution >= 0.6 is 28.4 Å². The topological polar surface area (TPSA) is 78.6 Å².